The van der Waals surface area contributed by atoms with Gasteiger partial charge in [0, 0.05) is 7.11 Å². The zero-order valence-electron chi connectivity index (χ0n) is 8.39. The fraction of sp³-hybridized carbons (Fsp3) is 0.889. The molecule has 1 N–H and O–H groups in total. The molecule has 0 aromatic heterocycles. The van der Waals surface area contributed by atoms with Crippen LogP contribution in [-0.4, -0.2) is 24.7 Å². The summed E-state index contributed by atoms with van der Waals surface area (Å²) in [6.07, 6.45) is 0. The second-order valence-electron chi connectivity index (χ2n) is 4.44. The molecule has 0 aliphatic carbocycles. The first kappa shape index (κ1) is 9.52. The molecule has 1 aliphatic rings. The largest absolute Gasteiger partial charge is 0.377 e. The molecule has 0 aromatic carbocycles. The zero-order chi connectivity index (χ0) is 9.57. The summed E-state index contributed by atoms with van der Waals surface area (Å²) in [6, 6.07) is 0.113. The summed E-state index contributed by atoms with van der Waals surface area (Å²) in [5.41, 5.74) is -0.572. The Labute approximate surface area is 73.5 Å². The minimum atomic E-state index is -0.292. The molecule has 1 atom stereocenters. The first-order chi connectivity index (χ1) is 5.32. The molecule has 0 saturated carbocycles. The maximum absolute atomic E-state index is 11.2. The molecule has 1 fully saturated rings. The Morgan fingerprint density at radius 1 is 1.50 bits per heavy atom. The maximum atomic E-state index is 11.2. The van der Waals surface area contributed by atoms with Crippen LogP contribution in [0.3, 0.4) is 0 Å². The summed E-state index contributed by atoms with van der Waals surface area (Å²) >= 11 is 0. The SMILES string of the molecule is COC(C)(C)C1NC(=O)C1(C)C. The second kappa shape index (κ2) is 2.46. The molecule has 0 bridgehead atoms. The van der Waals surface area contributed by atoms with Crippen molar-refractivity contribution in [1.82, 2.24) is 5.32 Å². The van der Waals surface area contributed by atoms with E-state index in [2.05, 4.69) is 5.32 Å². The van der Waals surface area contributed by atoms with Crippen LogP contribution in [-0.2, 0) is 9.53 Å². The van der Waals surface area contributed by atoms with Crippen LogP contribution in [0.4, 0.5) is 0 Å². The van der Waals surface area contributed by atoms with E-state index in [0.29, 0.717) is 0 Å². The maximum Gasteiger partial charge on any atom is 0.228 e. The first-order valence-corrected chi connectivity index (χ1v) is 4.18. The number of ether oxygens (including phenoxy) is 1. The van der Waals surface area contributed by atoms with Crippen LogP contribution in [0.2, 0.25) is 0 Å². The van der Waals surface area contributed by atoms with Gasteiger partial charge in [-0.15, -0.1) is 0 Å². The van der Waals surface area contributed by atoms with E-state index in [1.807, 2.05) is 27.7 Å². The predicted molar refractivity (Wildman–Crippen MR) is 46.8 cm³/mol. The molecule has 0 spiro atoms. The Morgan fingerprint density at radius 3 is 2.25 bits per heavy atom. The van der Waals surface area contributed by atoms with Crippen molar-refractivity contribution in [1.29, 1.82) is 0 Å². The van der Waals surface area contributed by atoms with Gasteiger partial charge in [-0.1, -0.05) is 0 Å². The van der Waals surface area contributed by atoms with Gasteiger partial charge < -0.3 is 10.1 Å². The molecule has 70 valence electrons. The van der Waals surface area contributed by atoms with Gasteiger partial charge in [0.25, 0.3) is 0 Å². The molecule has 1 amide bonds. The van der Waals surface area contributed by atoms with Crippen molar-refractivity contribution < 1.29 is 9.53 Å². The Balaban J connectivity index is 2.75. The average molecular weight is 171 g/mol. The van der Waals surface area contributed by atoms with E-state index >= 15 is 0 Å². The highest BCUT2D eigenvalue weighted by Gasteiger charge is 2.54. The number of carbonyl (C=O) groups excluding carboxylic acids is 1. The van der Waals surface area contributed by atoms with Crippen LogP contribution < -0.4 is 5.32 Å². The van der Waals surface area contributed by atoms with E-state index in [4.69, 9.17) is 4.74 Å². The number of hydrogen-bond donors (Lipinski definition) is 1. The van der Waals surface area contributed by atoms with Gasteiger partial charge in [0.15, 0.2) is 0 Å². The summed E-state index contributed by atoms with van der Waals surface area (Å²) in [7, 11) is 1.67. The first-order valence-electron chi connectivity index (χ1n) is 4.18. The Morgan fingerprint density at radius 2 is 2.00 bits per heavy atom. The van der Waals surface area contributed by atoms with Gasteiger partial charge in [-0.3, -0.25) is 4.79 Å². The minimum absolute atomic E-state index is 0.109. The van der Waals surface area contributed by atoms with Crippen LogP contribution in [0.5, 0.6) is 0 Å². The van der Waals surface area contributed by atoms with Crippen molar-refractivity contribution >= 4 is 5.91 Å². The number of methoxy groups -OCH3 is 1. The lowest BCUT2D eigenvalue weighted by Crippen LogP contribution is -2.72. The van der Waals surface area contributed by atoms with Gasteiger partial charge in [-0.05, 0) is 27.7 Å². The van der Waals surface area contributed by atoms with E-state index < -0.39 is 0 Å². The molecule has 12 heavy (non-hydrogen) atoms. The summed E-state index contributed by atoms with van der Waals surface area (Å²) in [6.45, 7) is 7.85. The molecule has 3 heteroatoms. The molecule has 3 nitrogen and oxygen atoms in total. The van der Waals surface area contributed by atoms with Gasteiger partial charge in [0.05, 0.1) is 17.1 Å². The molecule has 0 aromatic rings. The third-order valence-electron chi connectivity index (χ3n) is 2.80. The molecular weight excluding hydrogens is 154 g/mol. The Kier molecular flexibility index (Phi) is 1.95. The van der Waals surface area contributed by atoms with Crippen LogP contribution in [0.15, 0.2) is 0 Å². The van der Waals surface area contributed by atoms with Gasteiger partial charge in [-0.25, -0.2) is 0 Å². The van der Waals surface area contributed by atoms with Crippen LogP contribution in [0.1, 0.15) is 27.7 Å². The van der Waals surface area contributed by atoms with Crippen LogP contribution >= 0.6 is 0 Å². The monoisotopic (exact) mass is 171 g/mol. The van der Waals surface area contributed by atoms with Crippen molar-refractivity contribution in [2.75, 3.05) is 7.11 Å². The number of rotatable bonds is 2. The van der Waals surface area contributed by atoms with E-state index in [0.717, 1.165) is 0 Å². The van der Waals surface area contributed by atoms with E-state index in [1.54, 1.807) is 7.11 Å². The van der Waals surface area contributed by atoms with Crippen LogP contribution in [0.25, 0.3) is 0 Å². The van der Waals surface area contributed by atoms with Gasteiger partial charge in [-0.2, -0.15) is 0 Å². The number of hydrogen-bond acceptors (Lipinski definition) is 2. The standard InChI is InChI=1S/C9H17NO2/c1-8(2)6(10-7(8)11)9(3,4)12-5/h6H,1-5H3,(H,10,11). The summed E-state index contributed by atoms with van der Waals surface area (Å²) in [4.78, 5) is 11.2. The molecule has 1 rings (SSSR count). The lowest BCUT2D eigenvalue weighted by molar-refractivity contribution is -0.157. The molecular formula is C9H17NO2. The highest BCUT2D eigenvalue weighted by atomic mass is 16.5. The van der Waals surface area contributed by atoms with E-state index in [-0.39, 0.29) is 23.0 Å². The van der Waals surface area contributed by atoms with Crippen molar-refractivity contribution in [3.8, 4) is 0 Å². The fourth-order valence-electron chi connectivity index (χ4n) is 1.71. The number of amides is 1. The van der Waals surface area contributed by atoms with Crippen molar-refractivity contribution in [3.05, 3.63) is 0 Å². The summed E-state index contributed by atoms with van der Waals surface area (Å²) < 4.78 is 5.31. The summed E-state index contributed by atoms with van der Waals surface area (Å²) in [5.74, 6) is 0.109. The van der Waals surface area contributed by atoms with Gasteiger partial charge in [0.1, 0.15) is 0 Å². The van der Waals surface area contributed by atoms with Gasteiger partial charge in [0.2, 0.25) is 5.91 Å². The highest BCUT2D eigenvalue weighted by molar-refractivity contribution is 5.89. The van der Waals surface area contributed by atoms with Crippen molar-refractivity contribution in [3.63, 3.8) is 0 Å². The fourth-order valence-corrected chi connectivity index (χ4v) is 1.71. The molecule has 1 aliphatic heterocycles. The average Bonchev–Trinajstić information content (AvgIpc) is 2.00. The quantitative estimate of drug-likeness (QED) is 0.628. The number of β-lactam (4-membered cyclic amide) rings is 1. The predicted octanol–water partition coefficient (Wildman–Crippen LogP) is 0.936. The third-order valence-corrected chi connectivity index (χ3v) is 2.80. The van der Waals surface area contributed by atoms with E-state index in [1.165, 1.54) is 0 Å². The summed E-state index contributed by atoms with van der Waals surface area (Å²) in [5, 5.41) is 2.86. The second-order valence-corrected chi connectivity index (χ2v) is 4.44. The number of nitrogens with one attached hydrogen (secondary N) is 1. The van der Waals surface area contributed by atoms with E-state index in [9.17, 15) is 4.79 Å². The lowest BCUT2D eigenvalue weighted by atomic mass is 9.69. The zero-order valence-corrected chi connectivity index (χ0v) is 8.39. The number of carbonyl (C=O) groups is 1. The lowest BCUT2D eigenvalue weighted by Gasteiger charge is -2.51. The van der Waals surface area contributed by atoms with Crippen molar-refractivity contribution in [2.24, 2.45) is 5.41 Å². The van der Waals surface area contributed by atoms with Crippen molar-refractivity contribution in [2.45, 2.75) is 39.3 Å². The minimum Gasteiger partial charge on any atom is -0.377 e. The Bertz CT molecular complexity index is 209. The normalized spacial score (nSPS) is 27.8. The highest BCUT2D eigenvalue weighted by Crippen LogP contribution is 2.37. The van der Waals surface area contributed by atoms with Crippen LogP contribution in [0, 0.1) is 5.41 Å². The van der Waals surface area contributed by atoms with Gasteiger partial charge >= 0.3 is 0 Å². The molecule has 1 unspecified atom stereocenters. The molecule has 1 saturated heterocycles. The Hall–Kier alpha value is -0.570. The third kappa shape index (κ3) is 1.12. The topological polar surface area (TPSA) is 38.3 Å². The molecule has 0 radical (unpaired) electrons. The smallest absolute Gasteiger partial charge is 0.228 e. The molecule has 1 heterocycles.